The van der Waals surface area contributed by atoms with Gasteiger partial charge in [-0.2, -0.15) is 0 Å². The molecule has 3 nitrogen and oxygen atoms in total. The fourth-order valence-electron chi connectivity index (χ4n) is 1.93. The van der Waals surface area contributed by atoms with E-state index in [0.717, 1.165) is 41.2 Å². The second kappa shape index (κ2) is 5.78. The van der Waals surface area contributed by atoms with E-state index in [0.29, 0.717) is 0 Å². The highest BCUT2D eigenvalue weighted by atomic mass is 19.1. The summed E-state index contributed by atoms with van der Waals surface area (Å²) < 4.78 is 13.3. The summed E-state index contributed by atoms with van der Waals surface area (Å²) in [6, 6.07) is 6.44. The standard InChI is InChI=1S/C15H18FN3/c1-4-8-17-15-11(3)10(2)14(18-19-15)12-6-5-7-13(16)9-12/h5-7,9H,4,8H2,1-3H3,(H,17,19). The first-order valence-corrected chi connectivity index (χ1v) is 6.47. The Morgan fingerprint density at radius 2 is 1.95 bits per heavy atom. The van der Waals surface area contributed by atoms with Crippen LogP contribution in [-0.2, 0) is 0 Å². The number of hydrogen-bond donors (Lipinski definition) is 1. The summed E-state index contributed by atoms with van der Waals surface area (Å²) in [6.07, 6.45) is 1.03. The van der Waals surface area contributed by atoms with E-state index in [4.69, 9.17) is 0 Å². The maximum atomic E-state index is 13.3. The lowest BCUT2D eigenvalue weighted by atomic mass is 10.0. The molecule has 0 aliphatic heterocycles. The summed E-state index contributed by atoms with van der Waals surface area (Å²) in [4.78, 5) is 0. The summed E-state index contributed by atoms with van der Waals surface area (Å²) in [7, 11) is 0. The molecule has 0 saturated heterocycles. The number of aromatic nitrogens is 2. The van der Waals surface area contributed by atoms with Crippen molar-refractivity contribution in [2.45, 2.75) is 27.2 Å². The van der Waals surface area contributed by atoms with E-state index in [2.05, 4.69) is 22.4 Å². The summed E-state index contributed by atoms with van der Waals surface area (Å²) in [5, 5.41) is 11.7. The number of nitrogens with one attached hydrogen (secondary N) is 1. The first kappa shape index (κ1) is 13.5. The fraction of sp³-hybridized carbons (Fsp3) is 0.333. The van der Waals surface area contributed by atoms with Crippen molar-refractivity contribution in [1.82, 2.24) is 10.2 Å². The van der Waals surface area contributed by atoms with Crippen molar-refractivity contribution in [3.05, 3.63) is 41.2 Å². The van der Waals surface area contributed by atoms with Gasteiger partial charge in [0.2, 0.25) is 0 Å². The lowest BCUT2D eigenvalue weighted by molar-refractivity contribution is 0.628. The molecule has 0 fully saturated rings. The van der Waals surface area contributed by atoms with Crippen LogP contribution in [0.1, 0.15) is 24.5 Å². The molecule has 100 valence electrons. The molecule has 2 rings (SSSR count). The Bertz CT molecular complexity index is 582. The van der Waals surface area contributed by atoms with Crippen LogP contribution in [0.3, 0.4) is 0 Å². The highest BCUT2D eigenvalue weighted by molar-refractivity contribution is 5.66. The van der Waals surface area contributed by atoms with Gasteiger partial charge in [-0.1, -0.05) is 19.1 Å². The number of rotatable bonds is 4. The zero-order chi connectivity index (χ0) is 13.8. The molecule has 1 aromatic heterocycles. The van der Waals surface area contributed by atoms with Gasteiger partial charge >= 0.3 is 0 Å². The molecule has 0 spiro atoms. The van der Waals surface area contributed by atoms with Crippen LogP contribution >= 0.6 is 0 Å². The van der Waals surface area contributed by atoms with Crippen LogP contribution in [0.5, 0.6) is 0 Å². The minimum Gasteiger partial charge on any atom is -0.368 e. The Balaban J connectivity index is 2.41. The molecule has 0 bridgehead atoms. The zero-order valence-corrected chi connectivity index (χ0v) is 11.5. The lowest BCUT2D eigenvalue weighted by Crippen LogP contribution is -2.07. The van der Waals surface area contributed by atoms with E-state index >= 15 is 0 Å². The number of benzene rings is 1. The number of hydrogen-bond acceptors (Lipinski definition) is 3. The molecule has 0 radical (unpaired) electrons. The van der Waals surface area contributed by atoms with Crippen molar-refractivity contribution < 1.29 is 4.39 Å². The summed E-state index contributed by atoms with van der Waals surface area (Å²) in [5.74, 6) is 0.545. The Kier molecular flexibility index (Phi) is 4.10. The molecule has 0 amide bonds. The van der Waals surface area contributed by atoms with Gasteiger partial charge in [-0.25, -0.2) is 4.39 Å². The topological polar surface area (TPSA) is 37.8 Å². The summed E-state index contributed by atoms with van der Waals surface area (Å²) in [5.41, 5.74) is 3.58. The molecular formula is C15H18FN3. The summed E-state index contributed by atoms with van der Waals surface area (Å²) >= 11 is 0. The van der Waals surface area contributed by atoms with E-state index in [1.165, 1.54) is 12.1 Å². The van der Waals surface area contributed by atoms with Gasteiger partial charge in [0, 0.05) is 12.1 Å². The molecule has 0 aliphatic rings. The van der Waals surface area contributed by atoms with E-state index in [-0.39, 0.29) is 5.82 Å². The molecule has 4 heteroatoms. The minimum absolute atomic E-state index is 0.260. The number of halogens is 1. The Hall–Kier alpha value is -1.97. The average Bonchev–Trinajstić information content (AvgIpc) is 2.40. The van der Waals surface area contributed by atoms with Crippen LogP contribution in [-0.4, -0.2) is 16.7 Å². The van der Waals surface area contributed by atoms with Crippen LogP contribution in [0.15, 0.2) is 24.3 Å². The first-order valence-electron chi connectivity index (χ1n) is 6.47. The molecule has 0 aliphatic carbocycles. The van der Waals surface area contributed by atoms with E-state index in [9.17, 15) is 4.39 Å². The van der Waals surface area contributed by atoms with Gasteiger partial charge in [0.05, 0.1) is 5.69 Å². The third kappa shape index (κ3) is 2.89. The molecule has 1 heterocycles. The predicted molar refractivity (Wildman–Crippen MR) is 75.7 cm³/mol. The Labute approximate surface area is 112 Å². The van der Waals surface area contributed by atoms with Gasteiger partial charge in [-0.15, -0.1) is 10.2 Å². The van der Waals surface area contributed by atoms with Crippen molar-refractivity contribution in [1.29, 1.82) is 0 Å². The monoisotopic (exact) mass is 259 g/mol. The molecule has 2 aromatic rings. The van der Waals surface area contributed by atoms with Crippen molar-refractivity contribution >= 4 is 5.82 Å². The Morgan fingerprint density at radius 1 is 1.16 bits per heavy atom. The zero-order valence-electron chi connectivity index (χ0n) is 11.5. The van der Waals surface area contributed by atoms with E-state index in [1.54, 1.807) is 6.07 Å². The Morgan fingerprint density at radius 3 is 2.63 bits per heavy atom. The molecule has 0 saturated carbocycles. The average molecular weight is 259 g/mol. The SMILES string of the molecule is CCCNc1nnc(-c2cccc(F)c2)c(C)c1C. The number of nitrogens with zero attached hydrogens (tertiary/aromatic N) is 2. The second-order valence-corrected chi connectivity index (χ2v) is 4.58. The van der Waals surface area contributed by atoms with Crippen molar-refractivity contribution in [3.63, 3.8) is 0 Å². The first-order chi connectivity index (χ1) is 9.13. The maximum absolute atomic E-state index is 13.3. The molecular weight excluding hydrogens is 241 g/mol. The van der Waals surface area contributed by atoms with Crippen LogP contribution in [0.4, 0.5) is 10.2 Å². The third-order valence-electron chi connectivity index (χ3n) is 3.16. The lowest BCUT2D eigenvalue weighted by Gasteiger charge is -2.12. The van der Waals surface area contributed by atoms with Crippen molar-refractivity contribution in [2.24, 2.45) is 0 Å². The molecule has 0 atom stereocenters. The third-order valence-corrected chi connectivity index (χ3v) is 3.16. The molecule has 0 unspecified atom stereocenters. The van der Waals surface area contributed by atoms with Crippen LogP contribution in [0.2, 0.25) is 0 Å². The molecule has 1 aromatic carbocycles. The number of anilines is 1. The van der Waals surface area contributed by atoms with Crippen molar-refractivity contribution in [2.75, 3.05) is 11.9 Å². The van der Waals surface area contributed by atoms with Crippen LogP contribution < -0.4 is 5.32 Å². The van der Waals surface area contributed by atoms with Gasteiger partial charge < -0.3 is 5.32 Å². The van der Waals surface area contributed by atoms with Gasteiger partial charge in [0.1, 0.15) is 5.82 Å². The van der Waals surface area contributed by atoms with Crippen molar-refractivity contribution in [3.8, 4) is 11.3 Å². The normalized spacial score (nSPS) is 10.5. The quantitative estimate of drug-likeness (QED) is 0.909. The maximum Gasteiger partial charge on any atom is 0.151 e. The summed E-state index contributed by atoms with van der Waals surface area (Å²) in [6.45, 7) is 6.96. The molecule has 19 heavy (non-hydrogen) atoms. The van der Waals surface area contributed by atoms with E-state index < -0.39 is 0 Å². The van der Waals surface area contributed by atoms with Crippen LogP contribution in [0, 0.1) is 19.7 Å². The second-order valence-electron chi connectivity index (χ2n) is 4.58. The highest BCUT2D eigenvalue weighted by Crippen LogP contribution is 2.26. The van der Waals surface area contributed by atoms with Crippen LogP contribution in [0.25, 0.3) is 11.3 Å². The van der Waals surface area contributed by atoms with Gasteiger partial charge in [0.25, 0.3) is 0 Å². The minimum atomic E-state index is -0.260. The highest BCUT2D eigenvalue weighted by Gasteiger charge is 2.11. The predicted octanol–water partition coefficient (Wildman–Crippen LogP) is 3.72. The molecule has 1 N–H and O–H groups in total. The largest absolute Gasteiger partial charge is 0.368 e. The van der Waals surface area contributed by atoms with Gasteiger partial charge in [0.15, 0.2) is 5.82 Å². The fourth-order valence-corrected chi connectivity index (χ4v) is 1.93. The smallest absolute Gasteiger partial charge is 0.151 e. The van der Waals surface area contributed by atoms with Gasteiger partial charge in [-0.3, -0.25) is 0 Å². The van der Waals surface area contributed by atoms with E-state index in [1.807, 2.05) is 19.9 Å². The van der Waals surface area contributed by atoms with Gasteiger partial charge in [-0.05, 0) is 43.5 Å².